The van der Waals surface area contributed by atoms with Crippen LogP contribution >= 0.6 is 7.92 Å². The molecule has 0 aromatic rings. The summed E-state index contributed by atoms with van der Waals surface area (Å²) in [5.74, 6) is 0. The second-order valence-electron chi connectivity index (χ2n) is 3.61. The van der Waals surface area contributed by atoms with Crippen molar-refractivity contribution in [3.05, 3.63) is 28.6 Å². The Labute approximate surface area is 75.1 Å². The molecule has 1 heterocycles. The second-order valence-corrected chi connectivity index (χ2v) is 6.67. The van der Waals surface area contributed by atoms with E-state index in [1.807, 2.05) is 0 Å². The Kier molecular flexibility index (Phi) is 2.10. The third kappa shape index (κ3) is 1.25. The van der Waals surface area contributed by atoms with Gasteiger partial charge in [0.2, 0.25) is 0 Å². The molecule has 2 aliphatic rings. The lowest BCUT2D eigenvalue weighted by Gasteiger charge is -2.19. The van der Waals surface area contributed by atoms with Crippen LogP contribution < -0.4 is 0 Å². The zero-order chi connectivity index (χ0) is 8.55. The summed E-state index contributed by atoms with van der Waals surface area (Å²) in [6.07, 6.45) is 4.86. The first kappa shape index (κ1) is 8.12. The minimum absolute atomic E-state index is 0.0563. The molecule has 0 amide bonds. The predicted molar refractivity (Wildman–Crippen MR) is 53.7 cm³/mol. The molecule has 1 fully saturated rings. The van der Waals surface area contributed by atoms with Crippen LogP contribution in [0.4, 0.5) is 0 Å². The van der Waals surface area contributed by atoms with Crippen LogP contribution in [0.2, 0.25) is 0 Å². The zero-order valence-electron chi connectivity index (χ0n) is 7.59. The zero-order valence-corrected chi connectivity index (χ0v) is 8.49. The van der Waals surface area contributed by atoms with Crippen LogP contribution in [0.5, 0.6) is 0 Å². The molecule has 1 aliphatic heterocycles. The Balaban J connectivity index is 2.23. The molecule has 0 aromatic carbocycles. The van der Waals surface area contributed by atoms with Crippen LogP contribution in [0, 0.1) is 0 Å². The van der Waals surface area contributed by atoms with Gasteiger partial charge < -0.3 is 0 Å². The van der Waals surface area contributed by atoms with Crippen molar-refractivity contribution in [2.24, 2.45) is 0 Å². The second kappa shape index (κ2) is 3.10. The molecule has 2 rings (SSSR count). The lowest BCUT2D eigenvalue weighted by atomic mass is 10.2. The Morgan fingerprint density at radius 2 is 2.00 bits per heavy atom. The van der Waals surface area contributed by atoms with E-state index in [1.54, 1.807) is 0 Å². The van der Waals surface area contributed by atoms with Gasteiger partial charge in [0.05, 0.1) is 0 Å². The SMILES string of the molecule is C[C@@H]1CC[C@@H](C)P1C1=C=C=C=C1. The van der Waals surface area contributed by atoms with E-state index in [0.717, 1.165) is 11.3 Å². The average Bonchev–Trinajstić information content (AvgIpc) is 2.61. The van der Waals surface area contributed by atoms with Crippen molar-refractivity contribution in [2.45, 2.75) is 38.0 Å². The highest BCUT2D eigenvalue weighted by Crippen LogP contribution is 2.61. The number of allylic oxidation sites excluding steroid dienone is 2. The molecular formula is C11H13P. The average molecular weight is 176 g/mol. The van der Waals surface area contributed by atoms with Crippen LogP contribution in [0.3, 0.4) is 0 Å². The minimum atomic E-state index is 0.0563. The Hall–Kier alpha value is -0.490. The highest BCUT2D eigenvalue weighted by Gasteiger charge is 2.31. The first-order chi connectivity index (χ1) is 5.79. The molecule has 0 aromatic heterocycles. The van der Waals surface area contributed by atoms with Gasteiger partial charge in [-0.3, -0.25) is 0 Å². The molecule has 62 valence electrons. The summed E-state index contributed by atoms with van der Waals surface area (Å²) >= 11 is 0. The topological polar surface area (TPSA) is 0 Å². The maximum Gasteiger partial charge on any atom is 0.0353 e. The van der Waals surface area contributed by atoms with Crippen molar-refractivity contribution >= 4 is 7.92 Å². The van der Waals surface area contributed by atoms with E-state index in [-0.39, 0.29) is 7.92 Å². The summed E-state index contributed by atoms with van der Waals surface area (Å²) in [6.45, 7) is 4.74. The quantitative estimate of drug-likeness (QED) is 0.424. The summed E-state index contributed by atoms with van der Waals surface area (Å²) in [4.78, 5) is 0. The Bertz CT molecular complexity index is 311. The van der Waals surface area contributed by atoms with Crippen molar-refractivity contribution < 1.29 is 0 Å². The van der Waals surface area contributed by atoms with Crippen molar-refractivity contribution in [1.29, 1.82) is 0 Å². The summed E-state index contributed by atoms with van der Waals surface area (Å²) in [5.41, 5.74) is 10.9. The van der Waals surface area contributed by atoms with Gasteiger partial charge in [-0.1, -0.05) is 33.2 Å². The fourth-order valence-corrected chi connectivity index (χ4v) is 5.12. The predicted octanol–water partition coefficient (Wildman–Crippen LogP) is 3.40. The number of rotatable bonds is 1. The van der Waals surface area contributed by atoms with Gasteiger partial charge in [0, 0.05) is 11.4 Å². The molecular weight excluding hydrogens is 163 g/mol. The lowest BCUT2D eigenvalue weighted by Crippen LogP contribution is -1.96. The molecule has 12 heavy (non-hydrogen) atoms. The van der Waals surface area contributed by atoms with Crippen molar-refractivity contribution in [3.8, 4) is 0 Å². The molecule has 1 saturated heterocycles. The van der Waals surface area contributed by atoms with Crippen LogP contribution in [-0.4, -0.2) is 11.3 Å². The maximum atomic E-state index is 3.19. The molecule has 0 unspecified atom stereocenters. The summed E-state index contributed by atoms with van der Waals surface area (Å²) in [6, 6.07) is 0. The van der Waals surface area contributed by atoms with Gasteiger partial charge in [-0.25, -0.2) is 0 Å². The monoisotopic (exact) mass is 176 g/mol. The first-order valence-corrected chi connectivity index (χ1v) is 6.02. The van der Waals surface area contributed by atoms with Gasteiger partial charge in [0.15, 0.2) is 0 Å². The van der Waals surface area contributed by atoms with Crippen LogP contribution in [0.15, 0.2) is 28.6 Å². The van der Waals surface area contributed by atoms with Gasteiger partial charge in [-0.05, 0) is 29.9 Å². The molecule has 1 aliphatic carbocycles. The van der Waals surface area contributed by atoms with Crippen LogP contribution in [0.1, 0.15) is 26.7 Å². The molecule has 0 N–H and O–H groups in total. The van der Waals surface area contributed by atoms with Gasteiger partial charge in [0.25, 0.3) is 0 Å². The lowest BCUT2D eigenvalue weighted by molar-refractivity contribution is 0.777. The van der Waals surface area contributed by atoms with E-state index in [0.29, 0.717) is 0 Å². The smallest absolute Gasteiger partial charge is 0.0353 e. The highest BCUT2D eigenvalue weighted by molar-refractivity contribution is 7.64. The Morgan fingerprint density at radius 3 is 2.50 bits per heavy atom. The van der Waals surface area contributed by atoms with Gasteiger partial charge in [0.1, 0.15) is 0 Å². The number of hydrogen-bond acceptors (Lipinski definition) is 0. The van der Waals surface area contributed by atoms with Gasteiger partial charge in [-0.15, -0.1) is 0 Å². The highest BCUT2D eigenvalue weighted by atomic mass is 31.1. The van der Waals surface area contributed by atoms with E-state index >= 15 is 0 Å². The van der Waals surface area contributed by atoms with Gasteiger partial charge in [-0.2, -0.15) is 0 Å². The van der Waals surface area contributed by atoms with E-state index < -0.39 is 0 Å². The van der Waals surface area contributed by atoms with Crippen molar-refractivity contribution in [1.82, 2.24) is 0 Å². The van der Waals surface area contributed by atoms with Gasteiger partial charge >= 0.3 is 0 Å². The van der Waals surface area contributed by atoms with Crippen molar-refractivity contribution in [3.63, 3.8) is 0 Å². The van der Waals surface area contributed by atoms with E-state index in [9.17, 15) is 0 Å². The molecule has 2 atom stereocenters. The fourth-order valence-electron chi connectivity index (χ4n) is 2.05. The molecule has 0 radical (unpaired) electrons. The summed E-state index contributed by atoms with van der Waals surface area (Å²) in [5, 5.41) is 1.39. The van der Waals surface area contributed by atoms with E-state index in [2.05, 4.69) is 37.1 Å². The largest absolute Gasteiger partial charge is 0.0601 e. The van der Waals surface area contributed by atoms with Crippen LogP contribution in [-0.2, 0) is 0 Å². The molecule has 1 heteroatoms. The first-order valence-electron chi connectivity index (χ1n) is 4.54. The molecule has 0 bridgehead atoms. The molecule has 0 nitrogen and oxygen atoms in total. The normalized spacial score (nSPS) is 33.3. The maximum absolute atomic E-state index is 3.19. The minimum Gasteiger partial charge on any atom is -0.0601 e. The van der Waals surface area contributed by atoms with E-state index in [4.69, 9.17) is 0 Å². The third-order valence-corrected chi connectivity index (χ3v) is 5.91. The van der Waals surface area contributed by atoms with E-state index in [1.165, 1.54) is 18.2 Å². The fraction of sp³-hybridized carbons (Fsp3) is 0.545. The molecule has 0 spiro atoms. The standard InChI is InChI=1S/C11H13P/c1-9-7-8-10(2)12(9)11-5-3-4-6-11/h5,9-10H,7-8H2,1-2H3/t9-,10-/m1/s1. The summed E-state index contributed by atoms with van der Waals surface area (Å²) in [7, 11) is 0.0563. The number of hydrogen-bond donors (Lipinski definition) is 0. The van der Waals surface area contributed by atoms with Crippen LogP contribution in [0.25, 0.3) is 0 Å². The molecule has 0 saturated carbocycles. The summed E-state index contributed by atoms with van der Waals surface area (Å²) < 4.78 is 0. The Morgan fingerprint density at radius 1 is 1.33 bits per heavy atom. The van der Waals surface area contributed by atoms with Crippen molar-refractivity contribution in [2.75, 3.05) is 0 Å². The third-order valence-electron chi connectivity index (χ3n) is 2.70.